The Kier molecular flexibility index (Phi) is 9.89. The summed E-state index contributed by atoms with van der Waals surface area (Å²) in [6, 6.07) is 3.71. The van der Waals surface area contributed by atoms with Crippen LogP contribution >= 0.6 is 0 Å². The molecule has 4 rings (SSSR count). The van der Waals surface area contributed by atoms with E-state index in [0.29, 0.717) is 30.3 Å². The van der Waals surface area contributed by atoms with Gasteiger partial charge in [-0.05, 0) is 60.7 Å². The lowest BCUT2D eigenvalue weighted by Gasteiger charge is -2.38. The normalized spacial score (nSPS) is 12.3. The first-order valence-corrected chi connectivity index (χ1v) is 13.1. The third-order valence-corrected chi connectivity index (χ3v) is 6.36. The van der Waals surface area contributed by atoms with Crippen LogP contribution in [0, 0.1) is 26.0 Å². The van der Waals surface area contributed by atoms with E-state index in [1.54, 1.807) is 0 Å². The molecule has 10 nitrogen and oxygen atoms in total. The Morgan fingerprint density at radius 2 is 0.941 bits per heavy atom. The van der Waals surface area contributed by atoms with Gasteiger partial charge in [-0.2, -0.15) is 26.3 Å². The van der Waals surface area contributed by atoms with Gasteiger partial charge in [0.15, 0.2) is 11.6 Å². The number of nitro benzene ring substituents is 2. The highest BCUT2D eigenvalue weighted by Gasteiger charge is 2.40. The number of rotatable bonds is 9. The minimum atomic E-state index is -5.52. The van der Waals surface area contributed by atoms with Gasteiger partial charge in [0, 0.05) is 18.2 Å². The molecule has 0 saturated carbocycles. The highest BCUT2D eigenvalue weighted by atomic mass is 19.4. The number of halogens is 13. The molecule has 0 aliphatic rings. The van der Waals surface area contributed by atoms with Gasteiger partial charge in [-0.3, -0.25) is 20.2 Å². The number of hydrogen-bond acceptors (Lipinski definition) is 8. The predicted octanol–water partition coefficient (Wildman–Crippen LogP) is 10.4. The lowest BCUT2D eigenvalue weighted by Crippen LogP contribution is -2.37. The van der Waals surface area contributed by atoms with E-state index in [4.69, 9.17) is 0 Å². The van der Waals surface area contributed by atoms with Gasteiger partial charge in [-0.1, -0.05) is 0 Å². The Labute approximate surface area is 273 Å². The van der Waals surface area contributed by atoms with Crippen LogP contribution in [0.5, 0.6) is 11.5 Å². The van der Waals surface area contributed by atoms with E-state index in [9.17, 15) is 72.9 Å². The highest BCUT2D eigenvalue weighted by Crippen LogP contribution is 2.47. The van der Waals surface area contributed by atoms with E-state index in [1.165, 1.54) is 0 Å². The minimum absolute atomic E-state index is 0.00371. The van der Waals surface area contributed by atoms with E-state index in [2.05, 4.69) is 9.47 Å². The molecule has 23 heteroatoms. The molecule has 0 aliphatic heterocycles. The van der Waals surface area contributed by atoms with E-state index in [-0.39, 0.29) is 58.5 Å². The third kappa shape index (κ3) is 8.96. The molecule has 0 N–H and O–H groups in total. The molecule has 0 amide bonds. The topological polar surface area (TPSA) is 111 Å². The summed E-state index contributed by atoms with van der Waals surface area (Å²) in [4.78, 5) is 21.6. The van der Waals surface area contributed by atoms with Gasteiger partial charge in [0.25, 0.3) is 11.4 Å². The number of nitrogens with zero attached hydrogens (tertiary/aromatic N) is 4. The Morgan fingerprint density at radius 3 is 1.31 bits per heavy atom. The first-order chi connectivity index (χ1) is 23.4. The van der Waals surface area contributed by atoms with Crippen LogP contribution in [0.25, 0.3) is 0 Å². The third-order valence-electron chi connectivity index (χ3n) is 6.36. The van der Waals surface area contributed by atoms with Gasteiger partial charge in [0.1, 0.15) is 17.1 Å². The molecule has 0 saturated heterocycles. The Bertz CT molecular complexity index is 1950. The molecule has 0 radical (unpaired) electrons. The summed E-state index contributed by atoms with van der Waals surface area (Å²) in [6.07, 6.45) is -21.5. The van der Waals surface area contributed by atoms with Crippen molar-refractivity contribution in [3.8, 4) is 11.5 Å². The molecule has 272 valence electrons. The fraction of sp³-hybridized carbons (Fsp3) is 0.143. The number of benzene rings is 4. The van der Waals surface area contributed by atoms with Crippen molar-refractivity contribution in [3.63, 3.8) is 0 Å². The number of anilines is 4. The van der Waals surface area contributed by atoms with Gasteiger partial charge in [0.2, 0.25) is 0 Å². The second-order valence-electron chi connectivity index (χ2n) is 9.74. The van der Waals surface area contributed by atoms with E-state index < -0.39 is 97.5 Å². The SMILES string of the molecule is O=[N+]([O-])c1ccc(C(F)(F)F)cc1N(c1ccc(OC(F)(F)F)cc1)N(c1ccc(OC(F)(F)F)c(F)c1)c1cc(C(F)(F)F)ccc1[N+](=O)[O-]. The lowest BCUT2D eigenvalue weighted by atomic mass is 10.1. The molecule has 0 atom stereocenters. The minimum Gasteiger partial charge on any atom is -0.406 e. The van der Waals surface area contributed by atoms with Crippen molar-refractivity contribution in [2.75, 3.05) is 10.0 Å². The fourth-order valence-corrected chi connectivity index (χ4v) is 4.39. The maximum Gasteiger partial charge on any atom is 0.573 e. The second-order valence-corrected chi connectivity index (χ2v) is 9.74. The van der Waals surface area contributed by atoms with Crippen molar-refractivity contribution < 1.29 is 76.4 Å². The summed E-state index contributed by atoms with van der Waals surface area (Å²) < 4.78 is 183. The van der Waals surface area contributed by atoms with Gasteiger partial charge in [-0.25, -0.2) is 14.4 Å². The molecular weight excluding hydrogens is 735 g/mol. The van der Waals surface area contributed by atoms with Crippen molar-refractivity contribution in [2.24, 2.45) is 0 Å². The Hall–Kier alpha value is -6.03. The maximum atomic E-state index is 15.1. The summed E-state index contributed by atoms with van der Waals surface area (Å²) in [5.74, 6) is -4.55. The predicted molar refractivity (Wildman–Crippen MR) is 147 cm³/mol. The van der Waals surface area contributed by atoms with Crippen molar-refractivity contribution in [1.82, 2.24) is 0 Å². The molecule has 0 bridgehead atoms. The van der Waals surface area contributed by atoms with Crippen LogP contribution in [-0.2, 0) is 12.4 Å². The van der Waals surface area contributed by atoms with Crippen LogP contribution in [0.2, 0.25) is 0 Å². The Morgan fingerprint density at radius 1 is 0.529 bits per heavy atom. The summed E-state index contributed by atoms with van der Waals surface area (Å²) in [5.41, 5.74) is -10.5. The van der Waals surface area contributed by atoms with E-state index in [0.717, 1.165) is 0 Å². The van der Waals surface area contributed by atoms with Crippen LogP contribution in [0.15, 0.2) is 78.9 Å². The van der Waals surface area contributed by atoms with E-state index >= 15 is 4.39 Å². The number of ether oxygens (including phenoxy) is 2. The average Bonchev–Trinajstić information content (AvgIpc) is 2.98. The zero-order valence-corrected chi connectivity index (χ0v) is 24.2. The molecule has 4 aromatic rings. The first-order valence-electron chi connectivity index (χ1n) is 13.1. The number of nitro groups is 2. The summed E-state index contributed by atoms with van der Waals surface area (Å²) in [6.45, 7) is 0. The maximum absolute atomic E-state index is 15.1. The highest BCUT2D eigenvalue weighted by molar-refractivity contribution is 5.85. The van der Waals surface area contributed by atoms with Crippen molar-refractivity contribution in [1.29, 1.82) is 0 Å². The van der Waals surface area contributed by atoms with Crippen LogP contribution in [0.3, 0.4) is 0 Å². The van der Waals surface area contributed by atoms with Gasteiger partial charge in [0.05, 0.1) is 32.3 Å². The molecule has 0 fully saturated rings. The molecule has 0 aromatic heterocycles. The summed E-state index contributed by atoms with van der Waals surface area (Å²) >= 11 is 0. The molecule has 0 unspecified atom stereocenters. The zero-order valence-electron chi connectivity index (χ0n) is 24.2. The number of hydrogen-bond donors (Lipinski definition) is 0. The second kappa shape index (κ2) is 13.4. The van der Waals surface area contributed by atoms with Crippen molar-refractivity contribution >= 4 is 34.1 Å². The molecule has 0 aliphatic carbocycles. The Balaban J connectivity index is 2.20. The fourth-order valence-electron chi connectivity index (χ4n) is 4.39. The molecule has 0 spiro atoms. The van der Waals surface area contributed by atoms with Crippen LogP contribution in [0.1, 0.15) is 11.1 Å². The molecule has 0 heterocycles. The number of alkyl halides is 12. The molecule has 51 heavy (non-hydrogen) atoms. The largest absolute Gasteiger partial charge is 0.573 e. The van der Waals surface area contributed by atoms with Crippen molar-refractivity contribution in [2.45, 2.75) is 25.1 Å². The average molecular weight is 748 g/mol. The van der Waals surface area contributed by atoms with Crippen LogP contribution < -0.4 is 19.5 Å². The quantitative estimate of drug-likeness (QED) is 0.0945. The lowest BCUT2D eigenvalue weighted by molar-refractivity contribution is -0.384. The summed E-state index contributed by atoms with van der Waals surface area (Å²) in [7, 11) is 0. The smallest absolute Gasteiger partial charge is 0.406 e. The van der Waals surface area contributed by atoms with Gasteiger partial charge in [-0.15, -0.1) is 26.3 Å². The van der Waals surface area contributed by atoms with Crippen LogP contribution in [0.4, 0.5) is 91.2 Å². The first kappa shape index (κ1) is 37.8. The number of hydrazine groups is 1. The monoisotopic (exact) mass is 748 g/mol. The van der Waals surface area contributed by atoms with Crippen LogP contribution in [-0.4, -0.2) is 22.6 Å². The van der Waals surface area contributed by atoms with Gasteiger partial charge < -0.3 is 9.47 Å². The standard InChI is InChI=1S/C28H13F13N4O6/c29-19-13-17(5-10-24(19)51-28(39,40)41)43(23-12-15(26(33,34)35)2-9-21(23)45(48)49)42(16-3-6-18(7-4-16)50-27(36,37)38)22-11-14(25(30,31)32)1-8-20(22)44(46)47/h1-13H. The molecular formula is C28H13F13N4O6. The van der Waals surface area contributed by atoms with E-state index in [1.807, 2.05) is 0 Å². The summed E-state index contributed by atoms with van der Waals surface area (Å²) in [5, 5.41) is 24.5. The molecule has 4 aromatic carbocycles. The van der Waals surface area contributed by atoms with Crippen molar-refractivity contribution in [3.05, 3.63) is 116 Å². The zero-order chi connectivity index (χ0) is 38.3. The van der Waals surface area contributed by atoms with Gasteiger partial charge >= 0.3 is 25.1 Å².